The molecule has 1 aromatic carbocycles. The Kier molecular flexibility index (Phi) is 4.57. The van der Waals surface area contributed by atoms with E-state index in [0.717, 1.165) is 12.3 Å². The van der Waals surface area contributed by atoms with E-state index in [9.17, 15) is 0 Å². The molecule has 1 aromatic rings. The lowest BCUT2D eigenvalue weighted by molar-refractivity contribution is 0.245. The molecule has 1 heterocycles. The van der Waals surface area contributed by atoms with Gasteiger partial charge in [0.25, 0.3) is 0 Å². The van der Waals surface area contributed by atoms with E-state index in [1.807, 2.05) is 12.1 Å². The molecule has 2 rings (SSSR count). The average Bonchev–Trinajstić information content (AvgIpc) is 2.38. The Morgan fingerprint density at radius 2 is 2.06 bits per heavy atom. The Balaban J connectivity index is 1.90. The summed E-state index contributed by atoms with van der Waals surface area (Å²) in [6, 6.07) is 8.93. The predicted octanol–water partition coefficient (Wildman–Crippen LogP) is 3.32. The van der Waals surface area contributed by atoms with E-state index in [2.05, 4.69) is 43.1 Å². The first-order chi connectivity index (χ1) is 8.62. The van der Waals surface area contributed by atoms with Crippen molar-refractivity contribution in [3.8, 4) is 5.75 Å². The fourth-order valence-corrected chi connectivity index (χ4v) is 3.90. The summed E-state index contributed by atoms with van der Waals surface area (Å²) < 4.78 is 5.17. The van der Waals surface area contributed by atoms with Gasteiger partial charge in [0.15, 0.2) is 0 Å². The van der Waals surface area contributed by atoms with Gasteiger partial charge < -0.3 is 10.1 Å². The van der Waals surface area contributed by atoms with Crippen LogP contribution in [0.4, 0.5) is 0 Å². The highest BCUT2D eigenvalue weighted by Crippen LogP contribution is 2.34. The molecule has 0 spiro atoms. The van der Waals surface area contributed by atoms with Crippen LogP contribution in [0.1, 0.15) is 25.8 Å². The Morgan fingerprint density at radius 3 is 2.67 bits per heavy atom. The van der Waals surface area contributed by atoms with E-state index in [0.29, 0.717) is 11.5 Å². The van der Waals surface area contributed by atoms with E-state index >= 15 is 0 Å². The second-order valence-corrected chi connectivity index (χ2v) is 6.74. The third-order valence-electron chi connectivity index (χ3n) is 3.83. The summed E-state index contributed by atoms with van der Waals surface area (Å²) in [4.78, 5) is 0. The number of ether oxygens (including phenoxy) is 1. The van der Waals surface area contributed by atoms with Gasteiger partial charge in [0.2, 0.25) is 0 Å². The van der Waals surface area contributed by atoms with Gasteiger partial charge in [0.1, 0.15) is 5.75 Å². The van der Waals surface area contributed by atoms with Gasteiger partial charge in [-0.1, -0.05) is 26.0 Å². The quantitative estimate of drug-likeness (QED) is 0.902. The van der Waals surface area contributed by atoms with Gasteiger partial charge in [-0.05, 0) is 35.3 Å². The van der Waals surface area contributed by atoms with E-state index in [4.69, 9.17) is 4.74 Å². The normalized spacial score (nSPS) is 22.7. The second-order valence-electron chi connectivity index (χ2n) is 5.60. The zero-order valence-corrected chi connectivity index (χ0v) is 12.3. The van der Waals surface area contributed by atoms with Crippen LogP contribution in [-0.2, 0) is 6.54 Å². The van der Waals surface area contributed by atoms with E-state index in [-0.39, 0.29) is 0 Å². The standard InChI is InChI=1S/C15H23NOS/c1-15(2)8-9-18-11-14(15)16-10-12-4-6-13(17-3)7-5-12/h4-7,14,16H,8-11H2,1-3H3. The minimum atomic E-state index is 0.414. The lowest BCUT2D eigenvalue weighted by Crippen LogP contribution is -2.46. The molecule has 0 radical (unpaired) electrons. The maximum Gasteiger partial charge on any atom is 0.118 e. The van der Waals surface area contributed by atoms with E-state index in [1.54, 1.807) is 7.11 Å². The molecule has 1 atom stereocenters. The molecule has 1 unspecified atom stereocenters. The summed E-state index contributed by atoms with van der Waals surface area (Å²) in [5.41, 5.74) is 1.74. The second kappa shape index (κ2) is 5.98. The van der Waals surface area contributed by atoms with Crippen molar-refractivity contribution in [1.82, 2.24) is 5.32 Å². The fourth-order valence-electron chi connectivity index (χ4n) is 2.26. The molecule has 1 saturated heterocycles. The molecule has 0 bridgehead atoms. The van der Waals surface area contributed by atoms with Crippen molar-refractivity contribution in [3.63, 3.8) is 0 Å². The first-order valence-corrected chi connectivity index (χ1v) is 7.71. The van der Waals surface area contributed by atoms with Crippen LogP contribution in [0.2, 0.25) is 0 Å². The summed E-state index contributed by atoms with van der Waals surface area (Å²) >= 11 is 2.06. The van der Waals surface area contributed by atoms with Crippen molar-refractivity contribution in [2.75, 3.05) is 18.6 Å². The van der Waals surface area contributed by atoms with E-state index in [1.165, 1.54) is 23.5 Å². The van der Waals surface area contributed by atoms with Gasteiger partial charge in [-0.15, -0.1) is 0 Å². The zero-order valence-electron chi connectivity index (χ0n) is 11.5. The third kappa shape index (κ3) is 3.42. The Bertz CT molecular complexity index is 375. The number of rotatable bonds is 4. The van der Waals surface area contributed by atoms with Crippen molar-refractivity contribution < 1.29 is 4.74 Å². The van der Waals surface area contributed by atoms with Crippen LogP contribution < -0.4 is 10.1 Å². The highest BCUT2D eigenvalue weighted by molar-refractivity contribution is 7.99. The monoisotopic (exact) mass is 265 g/mol. The number of methoxy groups -OCH3 is 1. The average molecular weight is 265 g/mol. The highest BCUT2D eigenvalue weighted by atomic mass is 32.2. The predicted molar refractivity (Wildman–Crippen MR) is 79.3 cm³/mol. The molecule has 1 N–H and O–H groups in total. The first kappa shape index (κ1) is 13.8. The maximum absolute atomic E-state index is 5.17. The van der Waals surface area contributed by atoms with Gasteiger partial charge in [0, 0.05) is 18.3 Å². The van der Waals surface area contributed by atoms with Crippen molar-refractivity contribution in [3.05, 3.63) is 29.8 Å². The van der Waals surface area contributed by atoms with Crippen molar-refractivity contribution in [2.24, 2.45) is 5.41 Å². The van der Waals surface area contributed by atoms with Crippen LogP contribution in [0.15, 0.2) is 24.3 Å². The Hall–Kier alpha value is -0.670. The molecule has 100 valence electrons. The van der Waals surface area contributed by atoms with Gasteiger partial charge in [0.05, 0.1) is 7.11 Å². The van der Waals surface area contributed by atoms with Gasteiger partial charge >= 0.3 is 0 Å². The molecule has 0 aromatic heterocycles. The summed E-state index contributed by atoms with van der Waals surface area (Å²) in [7, 11) is 1.70. The summed E-state index contributed by atoms with van der Waals surface area (Å²) in [5.74, 6) is 3.45. The maximum atomic E-state index is 5.17. The number of thioether (sulfide) groups is 1. The van der Waals surface area contributed by atoms with Crippen molar-refractivity contribution in [2.45, 2.75) is 32.9 Å². The number of benzene rings is 1. The minimum Gasteiger partial charge on any atom is -0.497 e. The third-order valence-corrected chi connectivity index (χ3v) is 4.89. The molecule has 18 heavy (non-hydrogen) atoms. The molecular formula is C15H23NOS. The smallest absolute Gasteiger partial charge is 0.118 e. The molecule has 1 aliphatic heterocycles. The van der Waals surface area contributed by atoms with Crippen LogP contribution in [0.3, 0.4) is 0 Å². The lowest BCUT2D eigenvalue weighted by atomic mass is 9.82. The van der Waals surface area contributed by atoms with Crippen LogP contribution in [0.5, 0.6) is 5.75 Å². The molecule has 1 aliphatic rings. The van der Waals surface area contributed by atoms with Crippen LogP contribution >= 0.6 is 11.8 Å². The van der Waals surface area contributed by atoms with Crippen LogP contribution in [-0.4, -0.2) is 24.7 Å². The number of nitrogens with one attached hydrogen (secondary N) is 1. The zero-order chi connectivity index (χ0) is 13.0. The molecule has 1 fully saturated rings. The number of hydrogen-bond donors (Lipinski definition) is 1. The van der Waals surface area contributed by atoms with Gasteiger partial charge in [-0.25, -0.2) is 0 Å². The van der Waals surface area contributed by atoms with Crippen LogP contribution in [0.25, 0.3) is 0 Å². The Morgan fingerprint density at radius 1 is 1.33 bits per heavy atom. The van der Waals surface area contributed by atoms with Gasteiger partial charge in [-0.3, -0.25) is 0 Å². The van der Waals surface area contributed by atoms with Crippen molar-refractivity contribution in [1.29, 1.82) is 0 Å². The Labute approximate surface area is 114 Å². The fraction of sp³-hybridized carbons (Fsp3) is 0.600. The molecule has 0 aliphatic carbocycles. The lowest BCUT2D eigenvalue weighted by Gasteiger charge is -2.39. The summed E-state index contributed by atoms with van der Waals surface area (Å²) in [6.07, 6.45) is 1.30. The molecule has 0 amide bonds. The molecule has 0 saturated carbocycles. The largest absolute Gasteiger partial charge is 0.497 e. The summed E-state index contributed by atoms with van der Waals surface area (Å²) in [5, 5.41) is 3.70. The van der Waals surface area contributed by atoms with E-state index < -0.39 is 0 Å². The molecular weight excluding hydrogens is 242 g/mol. The number of hydrogen-bond acceptors (Lipinski definition) is 3. The van der Waals surface area contributed by atoms with Crippen LogP contribution in [0, 0.1) is 5.41 Å². The molecule has 3 heteroatoms. The summed E-state index contributed by atoms with van der Waals surface area (Å²) in [6.45, 7) is 5.69. The topological polar surface area (TPSA) is 21.3 Å². The molecule has 2 nitrogen and oxygen atoms in total. The van der Waals surface area contributed by atoms with Gasteiger partial charge in [-0.2, -0.15) is 11.8 Å². The highest BCUT2D eigenvalue weighted by Gasteiger charge is 2.31. The minimum absolute atomic E-state index is 0.414. The van der Waals surface area contributed by atoms with Crippen molar-refractivity contribution >= 4 is 11.8 Å². The SMILES string of the molecule is COc1ccc(CNC2CSCCC2(C)C)cc1. The first-order valence-electron chi connectivity index (χ1n) is 6.56.